The van der Waals surface area contributed by atoms with Crippen LogP contribution in [0.1, 0.15) is 11.4 Å². The third-order valence-corrected chi connectivity index (χ3v) is 3.58. The van der Waals surface area contributed by atoms with Crippen molar-refractivity contribution in [2.45, 2.75) is 12.8 Å². The minimum absolute atomic E-state index is 0.0102. The van der Waals surface area contributed by atoms with Crippen molar-refractivity contribution in [3.8, 4) is 5.75 Å². The Morgan fingerprint density at radius 3 is 2.78 bits per heavy atom. The third kappa shape index (κ3) is 3.66. The van der Waals surface area contributed by atoms with Gasteiger partial charge < -0.3 is 10.1 Å². The van der Waals surface area contributed by atoms with Gasteiger partial charge in [-0.3, -0.25) is 9.20 Å². The van der Waals surface area contributed by atoms with E-state index in [1.807, 2.05) is 53.1 Å². The van der Waals surface area contributed by atoms with Crippen LogP contribution in [0, 0.1) is 0 Å². The summed E-state index contributed by atoms with van der Waals surface area (Å²) < 4.78 is 7.03. The Balaban J connectivity index is 1.51. The molecule has 6 heteroatoms. The number of ether oxygens (including phenoxy) is 1. The molecule has 3 rings (SSSR count). The predicted octanol–water partition coefficient (Wildman–Crippen LogP) is 1.64. The fraction of sp³-hybridized carbons (Fsp3) is 0.235. The van der Waals surface area contributed by atoms with Crippen LogP contribution in [0.4, 0.5) is 0 Å². The first-order valence-corrected chi connectivity index (χ1v) is 7.44. The molecular formula is C17H18N4O2. The maximum atomic E-state index is 12.0. The van der Waals surface area contributed by atoms with Crippen molar-refractivity contribution in [3.05, 3.63) is 60.0 Å². The van der Waals surface area contributed by atoms with Crippen LogP contribution < -0.4 is 10.1 Å². The molecule has 3 aromatic rings. The van der Waals surface area contributed by atoms with Gasteiger partial charge in [0.05, 0.1) is 13.5 Å². The lowest BCUT2D eigenvalue weighted by Crippen LogP contribution is -2.27. The second kappa shape index (κ2) is 6.91. The number of carbonyl (C=O) groups excluding carboxylic acids is 1. The summed E-state index contributed by atoms with van der Waals surface area (Å²) in [6, 6.07) is 13.2. The predicted molar refractivity (Wildman–Crippen MR) is 86.4 cm³/mol. The van der Waals surface area contributed by atoms with Crippen LogP contribution >= 0.6 is 0 Å². The summed E-state index contributed by atoms with van der Waals surface area (Å²) in [7, 11) is 1.62. The van der Waals surface area contributed by atoms with Gasteiger partial charge in [-0.05, 0) is 29.8 Å². The fourth-order valence-corrected chi connectivity index (χ4v) is 2.37. The molecule has 0 bridgehead atoms. The SMILES string of the molecule is COc1ccc(CC(=O)NCCc2nnc3ccccn23)cc1. The van der Waals surface area contributed by atoms with E-state index in [1.54, 1.807) is 7.11 Å². The molecule has 0 saturated carbocycles. The number of hydrogen-bond acceptors (Lipinski definition) is 4. The Bertz CT molecular complexity index is 796. The minimum atomic E-state index is -0.0102. The molecule has 6 nitrogen and oxygen atoms in total. The lowest BCUT2D eigenvalue weighted by atomic mass is 10.1. The maximum Gasteiger partial charge on any atom is 0.224 e. The zero-order valence-electron chi connectivity index (χ0n) is 12.9. The number of methoxy groups -OCH3 is 1. The number of aromatic nitrogens is 3. The number of pyridine rings is 1. The van der Waals surface area contributed by atoms with E-state index in [9.17, 15) is 4.79 Å². The number of rotatable bonds is 6. The molecule has 0 atom stereocenters. The van der Waals surface area contributed by atoms with E-state index in [4.69, 9.17) is 4.74 Å². The molecule has 0 radical (unpaired) electrons. The average molecular weight is 310 g/mol. The van der Waals surface area contributed by atoms with Gasteiger partial charge in [-0.15, -0.1) is 10.2 Å². The summed E-state index contributed by atoms with van der Waals surface area (Å²) in [6.07, 6.45) is 2.91. The third-order valence-electron chi connectivity index (χ3n) is 3.58. The van der Waals surface area contributed by atoms with Crippen molar-refractivity contribution >= 4 is 11.6 Å². The van der Waals surface area contributed by atoms with Crippen molar-refractivity contribution in [3.63, 3.8) is 0 Å². The second-order valence-corrected chi connectivity index (χ2v) is 5.17. The van der Waals surface area contributed by atoms with Crippen LogP contribution in [-0.4, -0.2) is 34.2 Å². The molecule has 1 N–H and O–H groups in total. The molecule has 0 spiro atoms. The number of benzene rings is 1. The Kier molecular flexibility index (Phi) is 4.52. The molecule has 0 saturated heterocycles. The number of amides is 1. The molecule has 23 heavy (non-hydrogen) atoms. The van der Waals surface area contributed by atoms with Crippen molar-refractivity contribution in [2.75, 3.05) is 13.7 Å². The van der Waals surface area contributed by atoms with Gasteiger partial charge in [0.25, 0.3) is 0 Å². The first-order chi connectivity index (χ1) is 11.3. The van der Waals surface area contributed by atoms with Crippen LogP contribution in [0.3, 0.4) is 0 Å². The van der Waals surface area contributed by atoms with Crippen LogP contribution in [-0.2, 0) is 17.6 Å². The number of nitrogens with one attached hydrogen (secondary N) is 1. The summed E-state index contributed by atoms with van der Waals surface area (Å²) in [6.45, 7) is 0.532. The summed E-state index contributed by atoms with van der Waals surface area (Å²) in [5.41, 5.74) is 1.77. The fourth-order valence-electron chi connectivity index (χ4n) is 2.37. The van der Waals surface area contributed by atoms with Crippen LogP contribution in [0.5, 0.6) is 5.75 Å². The zero-order valence-corrected chi connectivity index (χ0v) is 12.9. The molecule has 2 aromatic heterocycles. The summed E-state index contributed by atoms with van der Waals surface area (Å²) >= 11 is 0. The molecule has 0 unspecified atom stereocenters. The highest BCUT2D eigenvalue weighted by molar-refractivity contribution is 5.78. The van der Waals surface area contributed by atoms with E-state index in [0.29, 0.717) is 19.4 Å². The highest BCUT2D eigenvalue weighted by Crippen LogP contribution is 2.11. The molecular weight excluding hydrogens is 292 g/mol. The van der Waals surface area contributed by atoms with E-state index in [1.165, 1.54) is 0 Å². The lowest BCUT2D eigenvalue weighted by Gasteiger charge is -2.06. The van der Waals surface area contributed by atoms with E-state index in [-0.39, 0.29) is 5.91 Å². The normalized spacial score (nSPS) is 10.7. The van der Waals surface area contributed by atoms with E-state index < -0.39 is 0 Å². The second-order valence-electron chi connectivity index (χ2n) is 5.17. The van der Waals surface area contributed by atoms with E-state index >= 15 is 0 Å². The van der Waals surface area contributed by atoms with Crippen molar-refractivity contribution in [1.82, 2.24) is 19.9 Å². The molecule has 1 amide bonds. The first kappa shape index (κ1) is 15.0. The van der Waals surface area contributed by atoms with Gasteiger partial charge in [0.15, 0.2) is 5.65 Å². The number of hydrogen-bond donors (Lipinski definition) is 1. The topological polar surface area (TPSA) is 68.5 Å². The summed E-state index contributed by atoms with van der Waals surface area (Å²) in [5.74, 6) is 1.61. The van der Waals surface area contributed by atoms with Crippen molar-refractivity contribution in [1.29, 1.82) is 0 Å². The maximum absolute atomic E-state index is 12.0. The van der Waals surface area contributed by atoms with Gasteiger partial charge in [0.2, 0.25) is 5.91 Å². The van der Waals surface area contributed by atoms with Gasteiger partial charge >= 0.3 is 0 Å². The highest BCUT2D eigenvalue weighted by atomic mass is 16.5. The van der Waals surface area contributed by atoms with E-state index in [2.05, 4.69) is 15.5 Å². The van der Waals surface area contributed by atoms with Crippen LogP contribution in [0.25, 0.3) is 5.65 Å². The van der Waals surface area contributed by atoms with Gasteiger partial charge in [0.1, 0.15) is 11.6 Å². The van der Waals surface area contributed by atoms with E-state index in [0.717, 1.165) is 22.8 Å². The molecule has 0 fully saturated rings. The summed E-state index contributed by atoms with van der Waals surface area (Å²) in [5, 5.41) is 11.1. The number of fused-ring (bicyclic) bond motifs is 1. The summed E-state index contributed by atoms with van der Waals surface area (Å²) in [4.78, 5) is 12.0. The number of carbonyl (C=O) groups is 1. The molecule has 0 aliphatic rings. The Labute approximate surface area is 134 Å². The molecule has 118 valence electrons. The molecule has 0 aliphatic carbocycles. The Morgan fingerprint density at radius 1 is 1.17 bits per heavy atom. The quantitative estimate of drug-likeness (QED) is 0.751. The first-order valence-electron chi connectivity index (χ1n) is 7.44. The van der Waals surface area contributed by atoms with Gasteiger partial charge in [0, 0.05) is 19.2 Å². The smallest absolute Gasteiger partial charge is 0.224 e. The van der Waals surface area contributed by atoms with Gasteiger partial charge in [-0.1, -0.05) is 18.2 Å². The van der Waals surface area contributed by atoms with Crippen LogP contribution in [0.15, 0.2) is 48.7 Å². The average Bonchev–Trinajstić information content (AvgIpc) is 2.99. The largest absolute Gasteiger partial charge is 0.497 e. The van der Waals surface area contributed by atoms with Gasteiger partial charge in [-0.25, -0.2) is 0 Å². The lowest BCUT2D eigenvalue weighted by molar-refractivity contribution is -0.120. The zero-order chi connectivity index (χ0) is 16.1. The monoisotopic (exact) mass is 310 g/mol. The Hall–Kier alpha value is -2.89. The van der Waals surface area contributed by atoms with Crippen molar-refractivity contribution < 1.29 is 9.53 Å². The van der Waals surface area contributed by atoms with Crippen LogP contribution in [0.2, 0.25) is 0 Å². The Morgan fingerprint density at radius 2 is 2.00 bits per heavy atom. The highest BCUT2D eigenvalue weighted by Gasteiger charge is 2.06. The number of nitrogens with zero attached hydrogens (tertiary/aromatic N) is 3. The van der Waals surface area contributed by atoms with Gasteiger partial charge in [-0.2, -0.15) is 0 Å². The minimum Gasteiger partial charge on any atom is -0.497 e. The standard InChI is InChI=1S/C17H18N4O2/c1-23-14-7-5-13(6-8-14)12-17(22)18-10-9-16-20-19-15-4-2-3-11-21(15)16/h2-8,11H,9-10,12H2,1H3,(H,18,22). The van der Waals surface area contributed by atoms with Crippen molar-refractivity contribution in [2.24, 2.45) is 0 Å². The molecule has 2 heterocycles. The molecule has 0 aliphatic heterocycles. The molecule has 1 aromatic carbocycles.